The molecule has 0 saturated heterocycles. The molecule has 0 saturated carbocycles. The molecule has 1 aromatic carbocycles. The van der Waals surface area contributed by atoms with Crippen molar-refractivity contribution in [3.63, 3.8) is 0 Å². The van der Waals surface area contributed by atoms with E-state index < -0.39 is 5.97 Å². The van der Waals surface area contributed by atoms with E-state index in [1.54, 1.807) is 4.90 Å². The smallest absolute Gasteiger partial charge is 0.317 e. The van der Waals surface area contributed by atoms with Gasteiger partial charge in [-0.1, -0.05) is 36.8 Å². The van der Waals surface area contributed by atoms with Crippen LogP contribution in [0.5, 0.6) is 0 Å². The molecule has 21 heavy (non-hydrogen) atoms. The molecule has 0 atom stereocenters. The number of hydrogen-bond donors (Lipinski definition) is 2. The third kappa shape index (κ3) is 8.32. The lowest BCUT2D eigenvalue weighted by Gasteiger charge is -2.18. The Balaban J connectivity index is 0.00000400. The Labute approximate surface area is 131 Å². The number of nitrogens with zero attached hydrogens (tertiary/aromatic N) is 1. The number of carboxylic acids is 1. The second kappa shape index (κ2) is 10.2. The minimum absolute atomic E-state index is 0. The molecule has 0 spiro atoms. The third-order valence-corrected chi connectivity index (χ3v) is 2.84. The zero-order chi connectivity index (χ0) is 15.0. The monoisotopic (exact) mass is 314 g/mol. The predicted octanol–water partition coefficient (Wildman–Crippen LogP) is 1.83. The molecule has 0 fully saturated rings. The molecule has 2 N–H and O–H groups in total. The summed E-state index contributed by atoms with van der Waals surface area (Å²) in [6, 6.07) is 7.92. The fourth-order valence-corrected chi connectivity index (χ4v) is 2.00. The van der Waals surface area contributed by atoms with Crippen molar-refractivity contribution in [1.82, 2.24) is 10.2 Å². The minimum Gasteiger partial charge on any atom is -0.480 e. The van der Waals surface area contributed by atoms with Gasteiger partial charge in [0, 0.05) is 6.54 Å². The van der Waals surface area contributed by atoms with Crippen molar-refractivity contribution in [2.45, 2.75) is 26.8 Å². The predicted molar refractivity (Wildman–Crippen MR) is 84.6 cm³/mol. The number of aliphatic carboxylic acids is 1. The second-order valence-corrected chi connectivity index (χ2v) is 4.87. The van der Waals surface area contributed by atoms with Crippen LogP contribution in [-0.4, -0.2) is 41.5 Å². The van der Waals surface area contributed by atoms with Crippen molar-refractivity contribution < 1.29 is 14.7 Å². The quantitative estimate of drug-likeness (QED) is 0.768. The molecular weight excluding hydrogens is 292 g/mol. The summed E-state index contributed by atoms with van der Waals surface area (Å²) in [6.07, 6.45) is 0.818. The maximum atomic E-state index is 11.8. The van der Waals surface area contributed by atoms with Crippen LogP contribution in [-0.2, 0) is 16.1 Å². The number of carboxylic acid groups (broad SMARTS) is 1. The molecule has 1 aromatic rings. The molecule has 0 heterocycles. The minimum atomic E-state index is -0.912. The Hall–Kier alpha value is -1.59. The van der Waals surface area contributed by atoms with Crippen LogP contribution < -0.4 is 5.32 Å². The number of carbonyl (C=O) groups excluding carboxylic acids is 1. The second-order valence-electron chi connectivity index (χ2n) is 4.87. The van der Waals surface area contributed by atoms with E-state index in [9.17, 15) is 9.59 Å². The largest absolute Gasteiger partial charge is 0.480 e. The van der Waals surface area contributed by atoms with Crippen LogP contribution in [0.2, 0.25) is 0 Å². The van der Waals surface area contributed by atoms with Crippen molar-refractivity contribution in [3.8, 4) is 0 Å². The van der Waals surface area contributed by atoms with Gasteiger partial charge in [-0.3, -0.25) is 14.5 Å². The van der Waals surface area contributed by atoms with Crippen molar-refractivity contribution in [2.75, 3.05) is 19.6 Å². The Morgan fingerprint density at radius 2 is 2.00 bits per heavy atom. The summed E-state index contributed by atoms with van der Waals surface area (Å²) in [4.78, 5) is 24.2. The molecule has 5 nitrogen and oxygen atoms in total. The molecule has 118 valence electrons. The standard InChI is InChI=1S/C15H22N2O3.ClH/c1-3-7-17(11-15(19)20)10-14(18)16-9-13-6-4-5-12(2)8-13;/h4-6,8H,3,7,9-11H2,1-2H3,(H,16,18)(H,19,20);1H. The van der Waals surface area contributed by atoms with Gasteiger partial charge in [-0.25, -0.2) is 0 Å². The topological polar surface area (TPSA) is 69.6 Å². The first-order valence-corrected chi connectivity index (χ1v) is 6.77. The average molecular weight is 315 g/mol. The first-order valence-electron chi connectivity index (χ1n) is 6.77. The van der Waals surface area contributed by atoms with E-state index in [-0.39, 0.29) is 31.4 Å². The zero-order valence-electron chi connectivity index (χ0n) is 12.5. The van der Waals surface area contributed by atoms with Crippen LogP contribution in [0.1, 0.15) is 24.5 Å². The van der Waals surface area contributed by atoms with Gasteiger partial charge in [-0.2, -0.15) is 0 Å². The number of hydrogen-bond acceptors (Lipinski definition) is 3. The van der Waals surface area contributed by atoms with Crippen molar-refractivity contribution in [2.24, 2.45) is 0 Å². The van der Waals surface area contributed by atoms with Gasteiger partial charge in [0.2, 0.25) is 5.91 Å². The Morgan fingerprint density at radius 1 is 1.29 bits per heavy atom. The van der Waals surface area contributed by atoms with Gasteiger partial charge in [0.1, 0.15) is 0 Å². The molecule has 0 bridgehead atoms. The van der Waals surface area contributed by atoms with Crippen LogP contribution in [0.25, 0.3) is 0 Å². The van der Waals surface area contributed by atoms with Crippen LogP contribution in [0.15, 0.2) is 24.3 Å². The Morgan fingerprint density at radius 3 is 2.57 bits per heavy atom. The van der Waals surface area contributed by atoms with Gasteiger partial charge in [-0.15, -0.1) is 12.4 Å². The molecule has 1 amide bonds. The van der Waals surface area contributed by atoms with Crippen molar-refractivity contribution in [1.29, 1.82) is 0 Å². The number of amides is 1. The number of halogens is 1. The molecule has 1 rings (SSSR count). The summed E-state index contributed by atoms with van der Waals surface area (Å²) in [5.41, 5.74) is 2.19. The van der Waals surface area contributed by atoms with Crippen LogP contribution in [0, 0.1) is 6.92 Å². The molecule has 0 aromatic heterocycles. The fourth-order valence-electron chi connectivity index (χ4n) is 2.00. The summed E-state index contributed by atoms with van der Waals surface area (Å²) >= 11 is 0. The third-order valence-electron chi connectivity index (χ3n) is 2.84. The van der Waals surface area contributed by atoms with Gasteiger partial charge in [-0.05, 0) is 25.5 Å². The number of benzene rings is 1. The number of rotatable bonds is 8. The van der Waals surface area contributed by atoms with Gasteiger partial charge in [0.05, 0.1) is 13.1 Å². The first kappa shape index (κ1) is 19.4. The molecule has 0 aliphatic rings. The highest BCUT2D eigenvalue weighted by molar-refractivity contribution is 5.85. The van der Waals surface area contributed by atoms with Crippen molar-refractivity contribution >= 4 is 24.3 Å². The summed E-state index contributed by atoms with van der Waals surface area (Å²) in [5.74, 6) is -1.06. The van der Waals surface area contributed by atoms with E-state index in [0.717, 1.165) is 17.5 Å². The van der Waals surface area contributed by atoms with E-state index in [1.807, 2.05) is 38.1 Å². The number of nitrogens with one attached hydrogen (secondary N) is 1. The highest BCUT2D eigenvalue weighted by Crippen LogP contribution is 2.03. The van der Waals surface area contributed by atoms with E-state index in [1.165, 1.54) is 0 Å². The first-order chi connectivity index (χ1) is 9.51. The highest BCUT2D eigenvalue weighted by atomic mass is 35.5. The van der Waals surface area contributed by atoms with Gasteiger partial charge < -0.3 is 10.4 Å². The summed E-state index contributed by atoms with van der Waals surface area (Å²) in [7, 11) is 0. The lowest BCUT2D eigenvalue weighted by molar-refractivity contribution is -0.138. The normalized spacial score (nSPS) is 10.0. The molecule has 0 radical (unpaired) electrons. The summed E-state index contributed by atoms with van der Waals surface area (Å²) in [6.45, 7) is 5.04. The van der Waals surface area contributed by atoms with Crippen molar-refractivity contribution in [3.05, 3.63) is 35.4 Å². The van der Waals surface area contributed by atoms with E-state index >= 15 is 0 Å². The zero-order valence-corrected chi connectivity index (χ0v) is 13.3. The molecule has 0 aliphatic carbocycles. The van der Waals surface area contributed by atoms with Gasteiger partial charge in [0.25, 0.3) is 0 Å². The number of carbonyl (C=O) groups is 2. The Kier molecular flexibility index (Phi) is 9.41. The van der Waals surface area contributed by atoms with Gasteiger partial charge >= 0.3 is 5.97 Å². The molecular formula is C15H23ClN2O3. The van der Waals surface area contributed by atoms with E-state index in [4.69, 9.17) is 5.11 Å². The lowest BCUT2D eigenvalue weighted by Crippen LogP contribution is -2.40. The van der Waals surface area contributed by atoms with Crippen LogP contribution >= 0.6 is 12.4 Å². The molecule has 6 heteroatoms. The number of aryl methyl sites for hydroxylation is 1. The van der Waals surface area contributed by atoms with Gasteiger partial charge in [0.15, 0.2) is 0 Å². The maximum Gasteiger partial charge on any atom is 0.317 e. The summed E-state index contributed by atoms with van der Waals surface area (Å²) < 4.78 is 0. The van der Waals surface area contributed by atoms with E-state index in [2.05, 4.69) is 5.32 Å². The van der Waals surface area contributed by atoms with Crippen LogP contribution in [0.4, 0.5) is 0 Å². The average Bonchev–Trinajstić information content (AvgIpc) is 2.36. The molecule has 0 aliphatic heterocycles. The Bertz CT molecular complexity index is 466. The van der Waals surface area contributed by atoms with Crippen LogP contribution in [0.3, 0.4) is 0 Å². The fraction of sp³-hybridized carbons (Fsp3) is 0.467. The molecule has 0 unspecified atom stereocenters. The van der Waals surface area contributed by atoms with E-state index in [0.29, 0.717) is 13.1 Å². The summed E-state index contributed by atoms with van der Waals surface area (Å²) in [5, 5.41) is 11.6. The maximum absolute atomic E-state index is 11.8. The highest BCUT2D eigenvalue weighted by Gasteiger charge is 2.12. The lowest BCUT2D eigenvalue weighted by atomic mass is 10.1. The SMILES string of the molecule is CCCN(CC(=O)O)CC(=O)NCc1cccc(C)c1.Cl.